The van der Waals surface area contributed by atoms with Crippen LogP contribution in [0.25, 0.3) is 0 Å². The number of anilines is 1. The molecule has 1 fully saturated rings. The van der Waals surface area contributed by atoms with Gasteiger partial charge in [-0.1, -0.05) is 26.0 Å². The Bertz CT molecular complexity index is 613. The first-order valence-corrected chi connectivity index (χ1v) is 9.52. The normalized spacial score (nSPS) is 14.2. The van der Waals surface area contributed by atoms with Gasteiger partial charge in [-0.25, -0.2) is 4.79 Å². The van der Waals surface area contributed by atoms with E-state index in [9.17, 15) is 9.59 Å². The minimum Gasteiger partial charge on any atom is -0.444 e. The van der Waals surface area contributed by atoms with Crippen LogP contribution in [-0.4, -0.2) is 35.1 Å². The number of carbonyl (C=O) groups is 2. The average molecular weight is 360 g/mol. The molecule has 0 spiro atoms. The van der Waals surface area contributed by atoms with Crippen LogP contribution in [0.15, 0.2) is 24.3 Å². The Morgan fingerprint density at radius 1 is 1.19 bits per heavy atom. The van der Waals surface area contributed by atoms with E-state index < -0.39 is 11.7 Å². The largest absolute Gasteiger partial charge is 0.444 e. The Kier molecular flexibility index (Phi) is 6.68. The monoisotopic (exact) mass is 360 g/mol. The summed E-state index contributed by atoms with van der Waals surface area (Å²) in [5, 5.41) is 2.71. The number of ether oxygens (including phenoxy) is 1. The zero-order valence-electron chi connectivity index (χ0n) is 16.7. The number of amides is 2. The summed E-state index contributed by atoms with van der Waals surface area (Å²) in [5.74, 6) is 0.795. The van der Waals surface area contributed by atoms with E-state index in [4.69, 9.17) is 4.74 Å². The van der Waals surface area contributed by atoms with Crippen LogP contribution in [0.4, 0.5) is 10.5 Å². The molecular formula is C21H32N2O3. The molecule has 0 aromatic heterocycles. The fourth-order valence-electron chi connectivity index (χ4n) is 2.70. The molecule has 0 heterocycles. The molecule has 26 heavy (non-hydrogen) atoms. The van der Waals surface area contributed by atoms with Gasteiger partial charge in [-0.05, 0) is 63.6 Å². The van der Waals surface area contributed by atoms with Crippen molar-refractivity contribution in [3.63, 3.8) is 0 Å². The number of rotatable bonds is 7. The van der Waals surface area contributed by atoms with Crippen molar-refractivity contribution in [2.24, 2.45) is 5.92 Å². The Morgan fingerprint density at radius 3 is 2.31 bits per heavy atom. The van der Waals surface area contributed by atoms with Gasteiger partial charge in [0.1, 0.15) is 5.60 Å². The van der Waals surface area contributed by atoms with E-state index >= 15 is 0 Å². The van der Waals surface area contributed by atoms with Gasteiger partial charge in [-0.2, -0.15) is 0 Å². The van der Waals surface area contributed by atoms with Crippen LogP contribution in [0, 0.1) is 5.92 Å². The highest BCUT2D eigenvalue weighted by Crippen LogP contribution is 2.28. The topological polar surface area (TPSA) is 58.6 Å². The number of hydrogen-bond acceptors (Lipinski definition) is 3. The smallest absolute Gasteiger partial charge is 0.412 e. The molecule has 1 aliphatic carbocycles. The molecule has 0 radical (unpaired) electrons. The van der Waals surface area contributed by atoms with Gasteiger partial charge >= 0.3 is 6.09 Å². The average Bonchev–Trinajstić information content (AvgIpc) is 3.32. The van der Waals surface area contributed by atoms with E-state index in [1.54, 1.807) is 0 Å². The van der Waals surface area contributed by atoms with E-state index in [0.29, 0.717) is 24.1 Å². The third-order valence-corrected chi connectivity index (χ3v) is 4.21. The van der Waals surface area contributed by atoms with E-state index in [-0.39, 0.29) is 5.91 Å². The zero-order chi connectivity index (χ0) is 19.3. The molecule has 0 bridgehead atoms. The minimum atomic E-state index is -0.529. The molecule has 2 amide bonds. The van der Waals surface area contributed by atoms with Gasteiger partial charge in [-0.15, -0.1) is 0 Å². The van der Waals surface area contributed by atoms with E-state index in [2.05, 4.69) is 19.2 Å². The van der Waals surface area contributed by atoms with E-state index in [0.717, 1.165) is 31.4 Å². The Morgan fingerprint density at radius 2 is 1.81 bits per heavy atom. The summed E-state index contributed by atoms with van der Waals surface area (Å²) in [6.07, 6.45) is 3.22. The van der Waals surface area contributed by atoms with Crippen LogP contribution in [-0.2, 0) is 16.0 Å². The number of nitrogens with one attached hydrogen (secondary N) is 1. The molecule has 2 rings (SSSR count). The lowest BCUT2D eigenvalue weighted by molar-refractivity contribution is -0.131. The summed E-state index contributed by atoms with van der Waals surface area (Å²) in [6.45, 7) is 10.7. The van der Waals surface area contributed by atoms with Crippen LogP contribution in [0.3, 0.4) is 0 Å². The number of benzene rings is 1. The van der Waals surface area contributed by atoms with Gasteiger partial charge in [0.15, 0.2) is 0 Å². The van der Waals surface area contributed by atoms with Crippen molar-refractivity contribution >= 4 is 17.7 Å². The van der Waals surface area contributed by atoms with Gasteiger partial charge < -0.3 is 9.64 Å². The van der Waals surface area contributed by atoms with E-state index in [1.807, 2.05) is 49.9 Å². The van der Waals surface area contributed by atoms with Crippen molar-refractivity contribution in [2.45, 2.75) is 71.9 Å². The van der Waals surface area contributed by atoms with Crippen molar-refractivity contribution < 1.29 is 14.3 Å². The number of nitrogens with zero attached hydrogens (tertiary/aromatic N) is 1. The predicted octanol–water partition coefficient (Wildman–Crippen LogP) is 4.61. The third-order valence-electron chi connectivity index (χ3n) is 4.21. The molecule has 1 aliphatic rings. The maximum absolute atomic E-state index is 12.7. The lowest BCUT2D eigenvalue weighted by atomic mass is 10.1. The Hall–Kier alpha value is -2.04. The Labute approximate surface area is 157 Å². The predicted molar refractivity (Wildman–Crippen MR) is 104 cm³/mol. The zero-order valence-corrected chi connectivity index (χ0v) is 16.7. The van der Waals surface area contributed by atoms with Crippen molar-refractivity contribution in [1.29, 1.82) is 0 Å². The van der Waals surface area contributed by atoms with Crippen molar-refractivity contribution in [1.82, 2.24) is 4.90 Å². The molecular weight excluding hydrogens is 328 g/mol. The molecule has 5 heteroatoms. The molecule has 1 saturated carbocycles. The summed E-state index contributed by atoms with van der Waals surface area (Å²) in [7, 11) is 0. The van der Waals surface area contributed by atoms with Crippen molar-refractivity contribution in [3.05, 3.63) is 29.8 Å². The first-order valence-electron chi connectivity index (χ1n) is 9.52. The van der Waals surface area contributed by atoms with Crippen LogP contribution in [0.2, 0.25) is 0 Å². The molecule has 0 unspecified atom stereocenters. The second-order valence-corrected chi connectivity index (χ2v) is 8.50. The fourth-order valence-corrected chi connectivity index (χ4v) is 2.70. The van der Waals surface area contributed by atoms with Crippen molar-refractivity contribution in [2.75, 3.05) is 11.9 Å². The molecule has 0 atom stereocenters. The fraction of sp³-hybridized carbons (Fsp3) is 0.619. The SMILES string of the molecule is CC(C)CCN(C(=O)Cc1ccc(NC(=O)OC(C)(C)C)cc1)C1CC1. The summed E-state index contributed by atoms with van der Waals surface area (Å²) < 4.78 is 5.24. The highest BCUT2D eigenvalue weighted by atomic mass is 16.6. The second kappa shape index (κ2) is 8.56. The third kappa shape index (κ3) is 7.06. The van der Waals surface area contributed by atoms with Gasteiger partial charge in [0, 0.05) is 18.3 Å². The summed E-state index contributed by atoms with van der Waals surface area (Å²) in [5.41, 5.74) is 1.09. The first kappa shape index (κ1) is 20.3. The van der Waals surface area contributed by atoms with Crippen LogP contribution < -0.4 is 5.32 Å². The number of carbonyl (C=O) groups excluding carboxylic acids is 2. The maximum atomic E-state index is 12.7. The molecule has 0 aliphatic heterocycles. The molecule has 5 nitrogen and oxygen atoms in total. The highest BCUT2D eigenvalue weighted by molar-refractivity contribution is 5.85. The summed E-state index contributed by atoms with van der Waals surface area (Å²) >= 11 is 0. The second-order valence-electron chi connectivity index (χ2n) is 8.50. The quantitative estimate of drug-likeness (QED) is 0.772. The first-order chi connectivity index (χ1) is 12.1. The maximum Gasteiger partial charge on any atom is 0.412 e. The highest BCUT2D eigenvalue weighted by Gasteiger charge is 2.32. The molecule has 1 aromatic rings. The molecule has 1 N–H and O–H groups in total. The van der Waals surface area contributed by atoms with Crippen molar-refractivity contribution in [3.8, 4) is 0 Å². The minimum absolute atomic E-state index is 0.195. The molecule has 0 saturated heterocycles. The summed E-state index contributed by atoms with van der Waals surface area (Å²) in [4.78, 5) is 26.5. The van der Waals surface area contributed by atoms with Gasteiger partial charge in [0.05, 0.1) is 6.42 Å². The van der Waals surface area contributed by atoms with Gasteiger partial charge in [0.25, 0.3) is 0 Å². The molecule has 144 valence electrons. The van der Waals surface area contributed by atoms with Crippen LogP contribution >= 0.6 is 0 Å². The number of hydrogen-bond donors (Lipinski definition) is 1. The lowest BCUT2D eigenvalue weighted by Gasteiger charge is -2.23. The lowest BCUT2D eigenvalue weighted by Crippen LogP contribution is -2.35. The summed E-state index contributed by atoms with van der Waals surface area (Å²) in [6, 6.07) is 7.83. The van der Waals surface area contributed by atoms with Gasteiger partial charge in [0.2, 0.25) is 5.91 Å². The van der Waals surface area contributed by atoms with Gasteiger partial charge in [-0.3, -0.25) is 10.1 Å². The van der Waals surface area contributed by atoms with Crippen LogP contribution in [0.5, 0.6) is 0 Å². The Balaban J connectivity index is 1.89. The van der Waals surface area contributed by atoms with E-state index in [1.165, 1.54) is 0 Å². The molecule has 1 aromatic carbocycles. The standard InChI is InChI=1S/C21H32N2O3/c1-15(2)12-13-23(18-10-11-18)19(24)14-16-6-8-17(9-7-16)22-20(25)26-21(3,4)5/h6-9,15,18H,10-14H2,1-5H3,(H,22,25). The van der Waals surface area contributed by atoms with Crippen LogP contribution in [0.1, 0.15) is 59.4 Å².